The average Bonchev–Trinajstić information content (AvgIpc) is 3.29. The standard InChI is InChI=1S/C20H26N6O2S/c1-12(2)21-9-13-7-6-8-15(22-13)25-19(27)26-16-11-29-18(24-16)17-23-14(10-28-17)20(3,4)5/h6-8,10-12,21H,9H2,1-5H3,(H2,22,25,26,27). The van der Waals surface area contributed by atoms with Crippen LogP contribution in [0.25, 0.3) is 10.9 Å². The SMILES string of the molecule is CC(C)NCc1cccc(NC(=O)Nc2csc(-c3nc(C(C)(C)C)co3)n2)n1. The number of amides is 2. The van der Waals surface area contributed by atoms with Gasteiger partial charge in [0.25, 0.3) is 5.89 Å². The summed E-state index contributed by atoms with van der Waals surface area (Å²) in [4.78, 5) is 25.6. The third kappa shape index (κ3) is 5.85. The van der Waals surface area contributed by atoms with Gasteiger partial charge in [-0.3, -0.25) is 10.6 Å². The summed E-state index contributed by atoms with van der Waals surface area (Å²) in [6.07, 6.45) is 1.64. The van der Waals surface area contributed by atoms with Crippen LogP contribution in [0.4, 0.5) is 16.4 Å². The summed E-state index contributed by atoms with van der Waals surface area (Å²) >= 11 is 1.35. The summed E-state index contributed by atoms with van der Waals surface area (Å²) in [7, 11) is 0. The molecule has 0 aliphatic rings. The molecule has 9 heteroatoms. The van der Waals surface area contributed by atoms with Gasteiger partial charge in [-0.05, 0) is 12.1 Å². The molecule has 0 aliphatic heterocycles. The molecule has 3 heterocycles. The minimum Gasteiger partial charge on any atom is -0.442 e. The zero-order valence-electron chi connectivity index (χ0n) is 17.2. The molecule has 29 heavy (non-hydrogen) atoms. The average molecular weight is 415 g/mol. The number of hydrogen-bond donors (Lipinski definition) is 3. The number of nitrogens with zero attached hydrogens (tertiary/aromatic N) is 3. The Morgan fingerprint density at radius 2 is 1.90 bits per heavy atom. The second kappa shape index (κ2) is 8.71. The van der Waals surface area contributed by atoms with Gasteiger partial charge in [0.05, 0.1) is 11.4 Å². The number of carbonyl (C=O) groups is 1. The van der Waals surface area contributed by atoms with Gasteiger partial charge in [-0.2, -0.15) is 0 Å². The van der Waals surface area contributed by atoms with Gasteiger partial charge in [0.2, 0.25) is 0 Å². The van der Waals surface area contributed by atoms with Gasteiger partial charge in [0.1, 0.15) is 17.9 Å². The minimum atomic E-state index is -0.411. The van der Waals surface area contributed by atoms with Crippen LogP contribution in [0.2, 0.25) is 0 Å². The quantitative estimate of drug-likeness (QED) is 0.543. The molecule has 0 bridgehead atoms. The van der Waals surface area contributed by atoms with Crippen LogP contribution in [0.5, 0.6) is 0 Å². The maximum absolute atomic E-state index is 12.3. The number of hydrogen-bond acceptors (Lipinski definition) is 7. The van der Waals surface area contributed by atoms with Crippen LogP contribution in [0.15, 0.2) is 34.3 Å². The smallest absolute Gasteiger partial charge is 0.326 e. The number of thiazole rings is 1. The molecular weight excluding hydrogens is 388 g/mol. The Morgan fingerprint density at radius 1 is 1.14 bits per heavy atom. The lowest BCUT2D eigenvalue weighted by Crippen LogP contribution is -2.23. The summed E-state index contributed by atoms with van der Waals surface area (Å²) in [6.45, 7) is 11.0. The van der Waals surface area contributed by atoms with Crippen molar-refractivity contribution >= 4 is 29.0 Å². The topological polar surface area (TPSA) is 105 Å². The fourth-order valence-corrected chi connectivity index (χ4v) is 3.05. The van der Waals surface area contributed by atoms with Crippen molar-refractivity contribution < 1.29 is 9.21 Å². The number of urea groups is 1. The van der Waals surface area contributed by atoms with E-state index in [0.29, 0.717) is 35.1 Å². The van der Waals surface area contributed by atoms with Gasteiger partial charge in [-0.25, -0.2) is 19.7 Å². The van der Waals surface area contributed by atoms with Crippen LogP contribution in [0, 0.1) is 0 Å². The molecule has 0 aromatic carbocycles. The van der Waals surface area contributed by atoms with Crippen molar-refractivity contribution in [3.05, 3.63) is 41.2 Å². The maximum atomic E-state index is 12.3. The highest BCUT2D eigenvalue weighted by atomic mass is 32.1. The first-order valence-electron chi connectivity index (χ1n) is 9.40. The second-order valence-electron chi connectivity index (χ2n) is 7.95. The van der Waals surface area contributed by atoms with Crippen LogP contribution >= 0.6 is 11.3 Å². The van der Waals surface area contributed by atoms with E-state index in [1.165, 1.54) is 11.3 Å². The van der Waals surface area contributed by atoms with Crippen molar-refractivity contribution in [1.29, 1.82) is 0 Å². The molecule has 154 valence electrons. The molecule has 0 saturated heterocycles. The molecule has 8 nitrogen and oxygen atoms in total. The van der Waals surface area contributed by atoms with E-state index in [1.807, 2.05) is 12.1 Å². The highest BCUT2D eigenvalue weighted by Gasteiger charge is 2.20. The van der Waals surface area contributed by atoms with E-state index in [1.54, 1.807) is 17.7 Å². The predicted octanol–water partition coefficient (Wildman–Crippen LogP) is 4.63. The monoisotopic (exact) mass is 414 g/mol. The highest BCUT2D eigenvalue weighted by molar-refractivity contribution is 7.13. The lowest BCUT2D eigenvalue weighted by Gasteiger charge is -2.12. The van der Waals surface area contributed by atoms with Crippen LogP contribution < -0.4 is 16.0 Å². The van der Waals surface area contributed by atoms with Crippen LogP contribution in [-0.2, 0) is 12.0 Å². The molecule has 3 N–H and O–H groups in total. The van der Waals surface area contributed by atoms with E-state index in [0.717, 1.165) is 11.4 Å². The van der Waals surface area contributed by atoms with Gasteiger partial charge in [-0.15, -0.1) is 11.3 Å². The number of pyridine rings is 1. The van der Waals surface area contributed by atoms with Crippen molar-refractivity contribution in [2.75, 3.05) is 10.6 Å². The number of aromatic nitrogens is 3. The van der Waals surface area contributed by atoms with E-state index in [2.05, 4.69) is 65.5 Å². The third-order valence-corrected chi connectivity index (χ3v) is 4.77. The molecule has 3 aromatic heterocycles. The second-order valence-corrected chi connectivity index (χ2v) is 8.81. The summed E-state index contributed by atoms with van der Waals surface area (Å²) in [6, 6.07) is 5.46. The molecule has 0 unspecified atom stereocenters. The van der Waals surface area contributed by atoms with Crippen molar-refractivity contribution in [1.82, 2.24) is 20.3 Å². The van der Waals surface area contributed by atoms with Gasteiger partial charge in [-0.1, -0.05) is 40.7 Å². The molecule has 0 fully saturated rings. The van der Waals surface area contributed by atoms with Gasteiger partial charge in [0.15, 0.2) is 5.01 Å². The first-order chi connectivity index (χ1) is 13.7. The van der Waals surface area contributed by atoms with Crippen molar-refractivity contribution in [2.45, 2.75) is 52.6 Å². The fraction of sp³-hybridized carbons (Fsp3) is 0.400. The Hall–Kier alpha value is -2.78. The number of anilines is 2. The molecule has 3 rings (SSSR count). The highest BCUT2D eigenvalue weighted by Crippen LogP contribution is 2.29. The Balaban J connectivity index is 1.61. The van der Waals surface area contributed by atoms with E-state index in [4.69, 9.17) is 4.42 Å². The van der Waals surface area contributed by atoms with Gasteiger partial charge in [0, 0.05) is 23.4 Å². The van der Waals surface area contributed by atoms with Gasteiger partial charge < -0.3 is 9.73 Å². The first kappa shape index (κ1) is 20.9. The Kier molecular flexibility index (Phi) is 6.29. The van der Waals surface area contributed by atoms with Gasteiger partial charge >= 0.3 is 6.03 Å². The van der Waals surface area contributed by atoms with Crippen LogP contribution in [-0.4, -0.2) is 27.0 Å². The number of oxazole rings is 1. The Bertz CT molecular complexity index is 973. The molecule has 0 atom stereocenters. The maximum Gasteiger partial charge on any atom is 0.326 e. The van der Waals surface area contributed by atoms with Crippen LogP contribution in [0.3, 0.4) is 0 Å². The normalized spacial score (nSPS) is 11.7. The Morgan fingerprint density at radius 3 is 2.59 bits per heavy atom. The number of nitrogens with one attached hydrogen (secondary N) is 3. The minimum absolute atomic E-state index is 0.105. The van der Waals surface area contributed by atoms with E-state index >= 15 is 0 Å². The molecule has 0 aliphatic carbocycles. The predicted molar refractivity (Wildman–Crippen MR) is 115 cm³/mol. The number of rotatable bonds is 6. The lowest BCUT2D eigenvalue weighted by atomic mass is 9.93. The first-order valence-corrected chi connectivity index (χ1v) is 10.3. The third-order valence-electron chi connectivity index (χ3n) is 3.94. The van der Waals surface area contributed by atoms with E-state index < -0.39 is 6.03 Å². The van der Waals surface area contributed by atoms with Crippen LogP contribution in [0.1, 0.15) is 46.0 Å². The summed E-state index contributed by atoms with van der Waals surface area (Å²) in [5.74, 6) is 1.35. The molecule has 3 aromatic rings. The van der Waals surface area contributed by atoms with E-state index in [9.17, 15) is 4.79 Å². The fourth-order valence-electron chi connectivity index (χ4n) is 2.37. The molecule has 0 spiro atoms. The number of carbonyl (C=O) groups excluding carboxylic acids is 1. The largest absolute Gasteiger partial charge is 0.442 e. The van der Waals surface area contributed by atoms with E-state index in [-0.39, 0.29) is 5.41 Å². The van der Waals surface area contributed by atoms with Crippen molar-refractivity contribution in [2.24, 2.45) is 0 Å². The summed E-state index contributed by atoms with van der Waals surface area (Å²) in [5, 5.41) is 11.1. The summed E-state index contributed by atoms with van der Waals surface area (Å²) < 4.78 is 5.54. The Labute approximate surface area is 174 Å². The molecule has 0 saturated carbocycles. The van der Waals surface area contributed by atoms with Crippen molar-refractivity contribution in [3.63, 3.8) is 0 Å². The molecular formula is C20H26N6O2S. The zero-order valence-corrected chi connectivity index (χ0v) is 18.1. The zero-order chi connectivity index (χ0) is 21.0. The lowest BCUT2D eigenvalue weighted by molar-refractivity contribution is 0.262. The molecule has 0 radical (unpaired) electrons. The molecule has 2 amide bonds. The van der Waals surface area contributed by atoms with Crippen molar-refractivity contribution in [3.8, 4) is 10.9 Å². The summed E-state index contributed by atoms with van der Waals surface area (Å²) in [5.41, 5.74) is 1.60.